The zero-order valence-corrected chi connectivity index (χ0v) is 11.1. The number of anilines is 1. The third-order valence-corrected chi connectivity index (χ3v) is 4.06. The second-order valence-electron chi connectivity index (χ2n) is 5.26. The topological polar surface area (TPSA) is 80.5 Å². The van der Waals surface area contributed by atoms with E-state index in [1.807, 2.05) is 4.90 Å². The van der Waals surface area contributed by atoms with Crippen LogP contribution in [0.15, 0.2) is 4.52 Å². The van der Waals surface area contributed by atoms with Gasteiger partial charge in [-0.15, -0.1) is 0 Å². The van der Waals surface area contributed by atoms with Crippen LogP contribution < -0.4 is 5.32 Å². The van der Waals surface area contributed by atoms with E-state index in [9.17, 15) is 4.79 Å². The minimum atomic E-state index is -0.162. The van der Waals surface area contributed by atoms with E-state index in [0.29, 0.717) is 17.7 Å². The van der Waals surface area contributed by atoms with Crippen molar-refractivity contribution in [1.82, 2.24) is 15.0 Å². The molecule has 0 unspecified atom stereocenters. The van der Waals surface area contributed by atoms with Gasteiger partial charge in [0.15, 0.2) is 5.82 Å². The fourth-order valence-electron chi connectivity index (χ4n) is 3.02. The Morgan fingerprint density at radius 3 is 3.11 bits per heavy atom. The summed E-state index contributed by atoms with van der Waals surface area (Å²) >= 11 is 0. The Hall–Kier alpha value is -1.63. The van der Waals surface area contributed by atoms with Crippen molar-refractivity contribution in [1.29, 1.82) is 0 Å². The van der Waals surface area contributed by atoms with Gasteiger partial charge >= 0.3 is 12.0 Å². The van der Waals surface area contributed by atoms with E-state index in [0.717, 1.165) is 32.0 Å². The number of rotatable bonds is 3. The van der Waals surface area contributed by atoms with Gasteiger partial charge in [-0.3, -0.25) is 5.32 Å². The highest BCUT2D eigenvalue weighted by Gasteiger charge is 2.53. The number of fused-ring (bicyclic) bond motifs is 1. The zero-order chi connectivity index (χ0) is 13.4. The van der Waals surface area contributed by atoms with Crippen LogP contribution in [0.25, 0.3) is 0 Å². The first-order valence-corrected chi connectivity index (χ1v) is 6.54. The van der Waals surface area contributed by atoms with Crippen molar-refractivity contribution >= 4 is 12.0 Å². The summed E-state index contributed by atoms with van der Waals surface area (Å²) in [6, 6.07) is -0.000899. The van der Waals surface area contributed by atoms with E-state index >= 15 is 0 Å². The van der Waals surface area contributed by atoms with Crippen molar-refractivity contribution < 1.29 is 14.1 Å². The maximum Gasteiger partial charge on any atom is 0.329 e. The molecule has 104 valence electrons. The third-order valence-electron chi connectivity index (χ3n) is 4.06. The van der Waals surface area contributed by atoms with E-state index in [1.165, 1.54) is 0 Å². The van der Waals surface area contributed by atoms with E-state index in [1.54, 1.807) is 14.0 Å². The van der Waals surface area contributed by atoms with Gasteiger partial charge in [-0.25, -0.2) is 4.79 Å². The van der Waals surface area contributed by atoms with E-state index in [-0.39, 0.29) is 12.0 Å². The molecule has 1 saturated carbocycles. The Morgan fingerprint density at radius 2 is 2.42 bits per heavy atom. The SMILES string of the molecule is COC[C@@H]1[C@H]2CCN(C(=O)Nc3nc(C)no3)C[C@H]21. The average Bonchev–Trinajstić information content (AvgIpc) is 2.92. The number of ether oxygens (including phenoxy) is 1. The highest BCUT2D eigenvalue weighted by atomic mass is 16.5. The first-order valence-electron chi connectivity index (χ1n) is 6.54. The normalized spacial score (nSPS) is 28.9. The van der Waals surface area contributed by atoms with E-state index in [4.69, 9.17) is 9.26 Å². The van der Waals surface area contributed by atoms with Gasteiger partial charge in [0, 0.05) is 26.8 Å². The number of carbonyl (C=O) groups is 1. The smallest absolute Gasteiger partial charge is 0.329 e. The Balaban J connectivity index is 1.54. The molecule has 3 atom stereocenters. The van der Waals surface area contributed by atoms with Gasteiger partial charge in [-0.05, 0) is 31.1 Å². The molecule has 1 N–H and O–H groups in total. The molecule has 0 radical (unpaired) electrons. The summed E-state index contributed by atoms with van der Waals surface area (Å²) < 4.78 is 10.1. The van der Waals surface area contributed by atoms with Gasteiger partial charge in [-0.2, -0.15) is 4.98 Å². The van der Waals surface area contributed by atoms with Gasteiger partial charge in [0.2, 0.25) is 0 Å². The Kier molecular flexibility index (Phi) is 3.14. The van der Waals surface area contributed by atoms with Crippen LogP contribution in [0.4, 0.5) is 10.8 Å². The fraction of sp³-hybridized carbons (Fsp3) is 0.750. The number of hydrogen-bond acceptors (Lipinski definition) is 5. The number of aryl methyl sites for hydroxylation is 1. The minimum absolute atomic E-state index is 0.161. The highest BCUT2D eigenvalue weighted by molar-refractivity contribution is 5.87. The van der Waals surface area contributed by atoms with Gasteiger partial charge in [0.05, 0.1) is 0 Å². The standard InChI is InChI=1S/C12H18N4O3/c1-7-13-11(19-15-7)14-12(17)16-4-3-8-9(5-16)10(8)6-18-2/h8-10H,3-6H2,1-2H3,(H,13,14,15,17)/t8-,9+,10+/m0/s1. The van der Waals surface area contributed by atoms with Crippen LogP contribution in [0.1, 0.15) is 12.2 Å². The summed E-state index contributed by atoms with van der Waals surface area (Å²) in [7, 11) is 1.73. The predicted molar refractivity (Wildman–Crippen MR) is 66.6 cm³/mol. The predicted octanol–water partition coefficient (Wildman–Crippen LogP) is 1.12. The Bertz CT molecular complexity index is 475. The number of carbonyl (C=O) groups excluding carboxylic acids is 1. The lowest BCUT2D eigenvalue weighted by molar-refractivity contribution is 0.176. The lowest BCUT2D eigenvalue weighted by Gasteiger charge is -2.25. The number of nitrogens with zero attached hydrogens (tertiary/aromatic N) is 3. The maximum absolute atomic E-state index is 12.1. The van der Waals surface area contributed by atoms with Crippen LogP contribution in [0, 0.1) is 24.7 Å². The summed E-state index contributed by atoms with van der Waals surface area (Å²) in [5.41, 5.74) is 0. The number of likely N-dealkylation sites (tertiary alicyclic amines) is 1. The largest absolute Gasteiger partial charge is 0.384 e. The first kappa shape index (κ1) is 12.4. The molecule has 0 aromatic carbocycles. The lowest BCUT2D eigenvalue weighted by atomic mass is 10.1. The summed E-state index contributed by atoms with van der Waals surface area (Å²) in [5, 5.41) is 6.27. The molecule has 1 aliphatic heterocycles. The number of aromatic nitrogens is 2. The van der Waals surface area contributed by atoms with Crippen molar-refractivity contribution in [2.45, 2.75) is 13.3 Å². The summed E-state index contributed by atoms with van der Waals surface area (Å²) in [6.45, 7) is 4.08. The third kappa shape index (κ3) is 2.42. The number of amides is 2. The van der Waals surface area contributed by atoms with Crippen LogP contribution in [-0.4, -0.2) is 47.9 Å². The highest BCUT2D eigenvalue weighted by Crippen LogP contribution is 2.51. The number of nitrogens with one attached hydrogen (secondary N) is 1. The molecule has 7 heteroatoms. The second-order valence-corrected chi connectivity index (χ2v) is 5.26. The summed E-state index contributed by atoms with van der Waals surface area (Å²) in [5.74, 6) is 2.45. The molecule has 1 aliphatic carbocycles. The van der Waals surface area contributed by atoms with Crippen LogP contribution in [0.2, 0.25) is 0 Å². The molecule has 1 saturated heterocycles. The van der Waals surface area contributed by atoms with Gasteiger partial charge in [-0.1, -0.05) is 5.16 Å². The monoisotopic (exact) mass is 266 g/mol. The number of urea groups is 1. The van der Waals surface area contributed by atoms with E-state index in [2.05, 4.69) is 15.5 Å². The van der Waals surface area contributed by atoms with Crippen LogP contribution in [0.3, 0.4) is 0 Å². The number of hydrogen-bond donors (Lipinski definition) is 1. The van der Waals surface area contributed by atoms with Crippen molar-refractivity contribution in [3.8, 4) is 0 Å². The molecular formula is C12H18N4O3. The Labute approximate surface area is 111 Å². The van der Waals surface area contributed by atoms with Crippen LogP contribution in [-0.2, 0) is 4.74 Å². The molecule has 2 aliphatic rings. The second kappa shape index (κ2) is 4.80. The number of methoxy groups -OCH3 is 1. The average molecular weight is 266 g/mol. The van der Waals surface area contributed by atoms with Gasteiger partial charge in [0.25, 0.3) is 0 Å². The van der Waals surface area contributed by atoms with Crippen molar-refractivity contribution in [3.63, 3.8) is 0 Å². The van der Waals surface area contributed by atoms with Gasteiger partial charge in [0.1, 0.15) is 0 Å². The molecule has 19 heavy (non-hydrogen) atoms. The Morgan fingerprint density at radius 1 is 1.58 bits per heavy atom. The molecule has 2 heterocycles. The number of piperidine rings is 1. The molecule has 1 aromatic rings. The molecule has 0 spiro atoms. The fourth-order valence-corrected chi connectivity index (χ4v) is 3.02. The van der Waals surface area contributed by atoms with Crippen molar-refractivity contribution in [2.75, 3.05) is 32.1 Å². The molecule has 7 nitrogen and oxygen atoms in total. The van der Waals surface area contributed by atoms with Crippen molar-refractivity contribution in [2.24, 2.45) is 17.8 Å². The molecule has 3 rings (SSSR count). The molecule has 2 fully saturated rings. The lowest BCUT2D eigenvalue weighted by Crippen LogP contribution is -2.39. The quantitative estimate of drug-likeness (QED) is 0.886. The van der Waals surface area contributed by atoms with Gasteiger partial charge < -0.3 is 14.2 Å². The zero-order valence-electron chi connectivity index (χ0n) is 11.1. The minimum Gasteiger partial charge on any atom is -0.384 e. The maximum atomic E-state index is 12.1. The molecule has 2 amide bonds. The van der Waals surface area contributed by atoms with E-state index < -0.39 is 0 Å². The summed E-state index contributed by atoms with van der Waals surface area (Å²) in [6.07, 6.45) is 1.05. The van der Waals surface area contributed by atoms with Crippen LogP contribution in [0.5, 0.6) is 0 Å². The molecular weight excluding hydrogens is 248 g/mol. The van der Waals surface area contributed by atoms with Crippen LogP contribution >= 0.6 is 0 Å². The molecule has 1 aromatic heterocycles. The molecule has 0 bridgehead atoms. The van der Waals surface area contributed by atoms with Crippen molar-refractivity contribution in [3.05, 3.63) is 5.82 Å². The summed E-state index contributed by atoms with van der Waals surface area (Å²) in [4.78, 5) is 17.8. The first-order chi connectivity index (χ1) is 9.19.